The second kappa shape index (κ2) is 6.84. The Morgan fingerprint density at radius 3 is 2.33 bits per heavy atom. The molecule has 2 heterocycles. The molecule has 132 valence electrons. The van der Waals surface area contributed by atoms with Gasteiger partial charge in [0.05, 0.1) is 10.9 Å². The summed E-state index contributed by atoms with van der Waals surface area (Å²) < 4.78 is 1.83. The molecule has 1 N–H and O–H groups in total. The first-order chi connectivity index (χ1) is 13.2. The molecule has 0 saturated heterocycles. The molecule has 0 aliphatic heterocycles. The molecule has 2 aromatic heterocycles. The molecule has 0 spiro atoms. The Bertz CT molecular complexity index is 1190. The number of hydrogen-bond donors (Lipinski definition) is 1. The number of hydrogen-bond acceptors (Lipinski definition) is 5. The van der Waals surface area contributed by atoms with E-state index in [2.05, 4.69) is 15.5 Å². The van der Waals surface area contributed by atoms with Crippen LogP contribution in [0.4, 0.5) is 17.2 Å². The summed E-state index contributed by atoms with van der Waals surface area (Å²) in [6.07, 6.45) is 1.49. The molecule has 6 heteroatoms. The predicted octanol–water partition coefficient (Wildman–Crippen LogP) is 4.84. The average molecular weight is 356 g/mol. The molecule has 0 aliphatic carbocycles. The fourth-order valence-corrected chi connectivity index (χ4v) is 3.07. The maximum absolute atomic E-state index is 12.9. The Hall–Kier alpha value is -3.80. The van der Waals surface area contributed by atoms with E-state index in [1.54, 1.807) is 0 Å². The van der Waals surface area contributed by atoms with Crippen LogP contribution >= 0.6 is 0 Å². The molecule has 4 rings (SSSR count). The summed E-state index contributed by atoms with van der Waals surface area (Å²) >= 11 is 0. The number of anilines is 2. The first-order valence-electron chi connectivity index (χ1n) is 8.45. The van der Waals surface area contributed by atoms with Gasteiger partial charge in [0.15, 0.2) is 5.69 Å². The summed E-state index contributed by atoms with van der Waals surface area (Å²) in [7, 11) is 0. The number of benzene rings is 2. The lowest BCUT2D eigenvalue weighted by molar-refractivity contribution is 1.08. The molecule has 0 bridgehead atoms. The third-order valence-corrected chi connectivity index (χ3v) is 4.31. The van der Waals surface area contributed by atoms with Gasteiger partial charge in [-0.2, -0.15) is 0 Å². The smallest absolute Gasteiger partial charge is 0.222 e. The highest BCUT2D eigenvalue weighted by Crippen LogP contribution is 2.32. The number of para-hydroxylation sites is 2. The molecule has 27 heavy (non-hydrogen) atoms. The monoisotopic (exact) mass is 356 g/mol. The SMILES string of the molecule is Cc1cc2c(cn1)c(=O)c(N=O)c(Nc1ccccc1)n2-c1ccccc1. The molecule has 4 aromatic rings. The zero-order valence-electron chi connectivity index (χ0n) is 14.6. The maximum atomic E-state index is 12.9. The fourth-order valence-electron chi connectivity index (χ4n) is 3.07. The van der Waals surface area contributed by atoms with Crippen LogP contribution in [0.5, 0.6) is 0 Å². The van der Waals surface area contributed by atoms with Crippen molar-refractivity contribution in [3.05, 3.63) is 93.8 Å². The van der Waals surface area contributed by atoms with Gasteiger partial charge in [0.2, 0.25) is 5.43 Å². The highest BCUT2D eigenvalue weighted by Gasteiger charge is 2.19. The number of pyridine rings is 2. The summed E-state index contributed by atoms with van der Waals surface area (Å²) in [5, 5.41) is 6.59. The number of fused-ring (bicyclic) bond motifs is 1. The largest absolute Gasteiger partial charge is 0.339 e. The lowest BCUT2D eigenvalue weighted by Crippen LogP contribution is -2.14. The third kappa shape index (κ3) is 2.97. The van der Waals surface area contributed by atoms with Crippen LogP contribution < -0.4 is 10.7 Å². The van der Waals surface area contributed by atoms with Crippen LogP contribution in [0.15, 0.2) is 82.9 Å². The van der Waals surface area contributed by atoms with Crippen molar-refractivity contribution >= 4 is 28.1 Å². The van der Waals surface area contributed by atoms with Crippen LogP contribution in [0.25, 0.3) is 16.6 Å². The van der Waals surface area contributed by atoms with E-state index >= 15 is 0 Å². The highest BCUT2D eigenvalue weighted by atomic mass is 16.3. The van der Waals surface area contributed by atoms with Crippen molar-refractivity contribution in [2.24, 2.45) is 5.18 Å². The van der Waals surface area contributed by atoms with Crippen LogP contribution in [0.1, 0.15) is 5.69 Å². The Morgan fingerprint density at radius 2 is 1.67 bits per heavy atom. The first-order valence-corrected chi connectivity index (χ1v) is 8.45. The van der Waals surface area contributed by atoms with Crippen molar-refractivity contribution in [3.63, 3.8) is 0 Å². The van der Waals surface area contributed by atoms with Crippen LogP contribution in [0, 0.1) is 11.8 Å². The number of nitroso groups, excluding NO2 is 1. The van der Waals surface area contributed by atoms with Crippen molar-refractivity contribution in [1.82, 2.24) is 9.55 Å². The van der Waals surface area contributed by atoms with Gasteiger partial charge in [-0.15, -0.1) is 4.91 Å². The minimum absolute atomic E-state index is 0.180. The van der Waals surface area contributed by atoms with E-state index in [-0.39, 0.29) is 5.69 Å². The van der Waals surface area contributed by atoms with E-state index in [1.807, 2.05) is 78.2 Å². The molecular formula is C21H16N4O2. The van der Waals surface area contributed by atoms with Crippen LogP contribution in [0.3, 0.4) is 0 Å². The summed E-state index contributed by atoms with van der Waals surface area (Å²) in [6.45, 7) is 1.86. The molecule has 0 radical (unpaired) electrons. The van der Waals surface area contributed by atoms with Gasteiger partial charge >= 0.3 is 0 Å². The van der Waals surface area contributed by atoms with E-state index < -0.39 is 5.43 Å². The number of aryl methyl sites for hydroxylation is 1. The van der Waals surface area contributed by atoms with Gasteiger partial charge in [-0.25, -0.2) is 0 Å². The van der Waals surface area contributed by atoms with E-state index in [4.69, 9.17) is 0 Å². The Labute approximate surface area is 155 Å². The molecule has 0 unspecified atom stereocenters. The molecule has 0 atom stereocenters. The molecule has 2 aromatic carbocycles. The molecule has 0 aliphatic rings. The molecular weight excluding hydrogens is 340 g/mol. The van der Waals surface area contributed by atoms with Gasteiger partial charge in [-0.3, -0.25) is 14.3 Å². The predicted molar refractivity (Wildman–Crippen MR) is 107 cm³/mol. The van der Waals surface area contributed by atoms with Crippen LogP contribution in [-0.2, 0) is 0 Å². The van der Waals surface area contributed by atoms with E-state index in [9.17, 15) is 9.70 Å². The lowest BCUT2D eigenvalue weighted by Gasteiger charge is -2.19. The summed E-state index contributed by atoms with van der Waals surface area (Å²) in [5.41, 5.74) is 2.35. The standard InChI is InChI=1S/C21H16N4O2/c1-14-12-18-17(13-22-14)20(26)19(24-27)21(23-15-8-4-2-5-9-15)25(18)16-10-6-3-7-11-16/h2-13,23H,1H3. The van der Waals surface area contributed by atoms with Crippen LogP contribution in [-0.4, -0.2) is 9.55 Å². The lowest BCUT2D eigenvalue weighted by atomic mass is 10.1. The molecule has 0 fully saturated rings. The molecule has 0 amide bonds. The number of rotatable bonds is 4. The first kappa shape index (κ1) is 16.7. The highest BCUT2D eigenvalue weighted by molar-refractivity contribution is 5.89. The van der Waals surface area contributed by atoms with Gasteiger partial charge in [0, 0.05) is 23.3 Å². The summed E-state index contributed by atoms with van der Waals surface area (Å²) in [4.78, 5) is 28.7. The maximum Gasteiger partial charge on any atom is 0.222 e. The summed E-state index contributed by atoms with van der Waals surface area (Å²) in [6, 6.07) is 20.7. The second-order valence-corrected chi connectivity index (χ2v) is 6.12. The van der Waals surface area contributed by atoms with Crippen molar-refractivity contribution in [3.8, 4) is 5.69 Å². The van der Waals surface area contributed by atoms with Gasteiger partial charge in [-0.1, -0.05) is 36.4 Å². The van der Waals surface area contributed by atoms with Gasteiger partial charge in [-0.05, 0) is 42.4 Å². The Kier molecular flexibility index (Phi) is 4.22. The topological polar surface area (TPSA) is 76.3 Å². The summed E-state index contributed by atoms with van der Waals surface area (Å²) in [5.74, 6) is 0.325. The fraction of sp³-hybridized carbons (Fsp3) is 0.0476. The van der Waals surface area contributed by atoms with E-state index in [0.29, 0.717) is 16.7 Å². The number of aromatic nitrogens is 2. The van der Waals surface area contributed by atoms with Crippen molar-refractivity contribution < 1.29 is 0 Å². The number of nitrogens with one attached hydrogen (secondary N) is 1. The Morgan fingerprint density at radius 1 is 1.00 bits per heavy atom. The Balaban J connectivity index is 2.13. The van der Waals surface area contributed by atoms with Crippen molar-refractivity contribution in [1.29, 1.82) is 0 Å². The quantitative estimate of drug-likeness (QED) is 0.531. The zero-order chi connectivity index (χ0) is 18.8. The van der Waals surface area contributed by atoms with Gasteiger partial charge < -0.3 is 5.32 Å². The second-order valence-electron chi connectivity index (χ2n) is 6.12. The minimum atomic E-state index is -0.446. The molecule has 6 nitrogen and oxygen atoms in total. The van der Waals surface area contributed by atoms with E-state index in [0.717, 1.165) is 17.1 Å². The van der Waals surface area contributed by atoms with Crippen molar-refractivity contribution in [2.75, 3.05) is 5.32 Å². The zero-order valence-corrected chi connectivity index (χ0v) is 14.6. The van der Waals surface area contributed by atoms with E-state index in [1.165, 1.54) is 6.20 Å². The number of nitrogens with zero attached hydrogens (tertiary/aromatic N) is 3. The van der Waals surface area contributed by atoms with Crippen molar-refractivity contribution in [2.45, 2.75) is 6.92 Å². The van der Waals surface area contributed by atoms with Gasteiger partial charge in [0.25, 0.3) is 0 Å². The normalized spacial score (nSPS) is 10.7. The van der Waals surface area contributed by atoms with Crippen LogP contribution in [0.2, 0.25) is 0 Å². The third-order valence-electron chi connectivity index (χ3n) is 4.31. The molecule has 0 saturated carbocycles. The minimum Gasteiger partial charge on any atom is -0.339 e. The van der Waals surface area contributed by atoms with Gasteiger partial charge in [0.1, 0.15) is 5.82 Å². The average Bonchev–Trinajstić information content (AvgIpc) is 2.70.